The number of aryl methyl sites for hydroxylation is 2. The molecular formula is C37H33N5O2. The Morgan fingerprint density at radius 3 is 2.57 bits per heavy atom. The van der Waals surface area contributed by atoms with Crippen LogP contribution in [0.25, 0.3) is 15.9 Å². The molecule has 44 heavy (non-hydrogen) atoms. The Kier molecular flexibility index (Phi) is 6.58. The first-order chi connectivity index (χ1) is 21.2. The van der Waals surface area contributed by atoms with E-state index in [0.29, 0.717) is 28.4 Å². The van der Waals surface area contributed by atoms with Crippen LogP contribution in [0.4, 0.5) is 11.4 Å². The van der Waals surface area contributed by atoms with Crippen LogP contribution in [0.1, 0.15) is 61.1 Å². The number of hydrogen-bond donors (Lipinski definition) is 1. The van der Waals surface area contributed by atoms with Crippen molar-refractivity contribution in [1.82, 2.24) is 9.97 Å². The van der Waals surface area contributed by atoms with Crippen molar-refractivity contribution in [3.8, 4) is 17.4 Å². The Hall–Kier alpha value is -5.22. The molecule has 7 nitrogen and oxygen atoms in total. The minimum atomic E-state index is -0.129. The van der Waals surface area contributed by atoms with Crippen molar-refractivity contribution >= 4 is 28.2 Å². The van der Waals surface area contributed by atoms with Crippen LogP contribution in [0.5, 0.6) is 17.4 Å². The van der Waals surface area contributed by atoms with Gasteiger partial charge in [0.2, 0.25) is 5.88 Å². The molecule has 1 aromatic heterocycles. The number of anilines is 1. The average Bonchev–Trinajstić information content (AvgIpc) is 3.41. The minimum absolute atomic E-state index is 0.00712. The SMILES string of the molecule is [C-]#[N+]c1ccc(N2C(c3cc(C)cc(Oc4cnc5cc(C(C)(C)C)cc(O)c5n4)c3)=N[C@H]3c4ccccc4CC[C@@H]32)cc1. The molecule has 0 radical (unpaired) electrons. The number of rotatable bonds is 4. The number of nitrogens with zero attached hydrogens (tertiary/aromatic N) is 5. The predicted molar refractivity (Wildman–Crippen MR) is 174 cm³/mol. The lowest BCUT2D eigenvalue weighted by Crippen LogP contribution is -2.40. The zero-order valence-electron chi connectivity index (χ0n) is 25.2. The molecule has 1 aliphatic carbocycles. The normalized spacial score (nSPS) is 17.5. The maximum Gasteiger partial charge on any atom is 0.238 e. The number of aromatic hydroxyl groups is 1. The quantitative estimate of drug-likeness (QED) is 0.216. The molecule has 0 bridgehead atoms. The maximum absolute atomic E-state index is 10.8. The van der Waals surface area contributed by atoms with Crippen LogP contribution >= 0.6 is 0 Å². The van der Waals surface area contributed by atoms with Gasteiger partial charge in [0.1, 0.15) is 22.9 Å². The third-order valence-electron chi connectivity index (χ3n) is 8.53. The zero-order chi connectivity index (χ0) is 30.6. The van der Waals surface area contributed by atoms with Crippen LogP contribution in [0, 0.1) is 13.5 Å². The molecule has 7 rings (SSSR count). The molecule has 0 unspecified atom stereocenters. The van der Waals surface area contributed by atoms with Gasteiger partial charge in [-0.05, 0) is 89.9 Å². The number of benzene rings is 4. The molecule has 5 aromatic rings. The molecule has 0 fully saturated rings. The summed E-state index contributed by atoms with van der Waals surface area (Å²) in [7, 11) is 0. The highest BCUT2D eigenvalue weighted by molar-refractivity contribution is 6.12. The predicted octanol–water partition coefficient (Wildman–Crippen LogP) is 8.61. The Balaban J connectivity index is 1.27. The largest absolute Gasteiger partial charge is 0.506 e. The standard InChI is InChI=1S/C37H33N5O2/c1-22-16-24(18-28(17-22)44-33-21-39-30-19-25(37(2,3)4)20-32(43)35(30)40-33)36-41-34-29-9-7-6-8-23(29)10-15-31(34)42(36)27-13-11-26(38-5)12-14-27/h6-9,11-14,16-21,31,34,43H,10,15H2,1-4H3/t31-,34-/m0/s1. The Labute approximate surface area is 257 Å². The fourth-order valence-corrected chi connectivity index (χ4v) is 6.33. The number of aromatic nitrogens is 2. The Morgan fingerprint density at radius 2 is 1.80 bits per heavy atom. The van der Waals surface area contributed by atoms with E-state index in [1.807, 2.05) is 49.4 Å². The van der Waals surface area contributed by atoms with Gasteiger partial charge < -0.3 is 14.7 Å². The summed E-state index contributed by atoms with van der Waals surface area (Å²) in [5.41, 5.74) is 8.08. The molecule has 0 amide bonds. The highest BCUT2D eigenvalue weighted by Gasteiger charge is 2.41. The molecular weight excluding hydrogens is 546 g/mol. The molecule has 2 heterocycles. The van der Waals surface area contributed by atoms with Gasteiger partial charge in [-0.25, -0.2) is 14.8 Å². The van der Waals surface area contributed by atoms with Crippen molar-refractivity contribution in [2.24, 2.45) is 4.99 Å². The van der Waals surface area contributed by atoms with E-state index in [1.165, 1.54) is 11.1 Å². The van der Waals surface area contributed by atoms with E-state index in [4.69, 9.17) is 16.3 Å². The first kappa shape index (κ1) is 27.6. The van der Waals surface area contributed by atoms with Crippen molar-refractivity contribution < 1.29 is 9.84 Å². The summed E-state index contributed by atoms with van der Waals surface area (Å²) < 4.78 is 6.27. The average molecular weight is 580 g/mol. The highest BCUT2D eigenvalue weighted by atomic mass is 16.5. The van der Waals surface area contributed by atoms with Crippen molar-refractivity contribution in [2.45, 2.75) is 58.0 Å². The number of phenolic OH excluding ortho intramolecular Hbond substituents is 1. The number of aliphatic imine (C=N–C) groups is 1. The van der Waals surface area contributed by atoms with Crippen molar-refractivity contribution in [1.29, 1.82) is 0 Å². The lowest BCUT2D eigenvalue weighted by atomic mass is 9.84. The lowest BCUT2D eigenvalue weighted by Gasteiger charge is -2.34. The summed E-state index contributed by atoms with van der Waals surface area (Å²) >= 11 is 0. The van der Waals surface area contributed by atoms with Crippen LogP contribution in [-0.2, 0) is 11.8 Å². The lowest BCUT2D eigenvalue weighted by molar-refractivity contribution is 0.456. The molecule has 2 aliphatic rings. The second-order valence-corrected chi connectivity index (χ2v) is 12.7. The summed E-state index contributed by atoms with van der Waals surface area (Å²) in [6.45, 7) is 15.7. The van der Waals surface area contributed by atoms with Gasteiger partial charge in [0.15, 0.2) is 5.69 Å². The maximum atomic E-state index is 10.8. The third-order valence-corrected chi connectivity index (χ3v) is 8.53. The molecule has 7 heteroatoms. The number of ether oxygens (including phenoxy) is 1. The van der Waals surface area contributed by atoms with E-state index in [2.05, 4.69) is 70.8 Å². The fraction of sp³-hybridized carbons (Fsp3) is 0.243. The van der Waals surface area contributed by atoms with Gasteiger partial charge in [0.05, 0.1) is 30.4 Å². The number of phenols is 1. The summed E-state index contributed by atoms with van der Waals surface area (Å²) in [5, 5.41) is 10.8. The monoisotopic (exact) mass is 579 g/mol. The second-order valence-electron chi connectivity index (χ2n) is 12.7. The van der Waals surface area contributed by atoms with Crippen LogP contribution in [0.2, 0.25) is 0 Å². The van der Waals surface area contributed by atoms with Crippen molar-refractivity contribution in [3.63, 3.8) is 0 Å². The van der Waals surface area contributed by atoms with Gasteiger partial charge in [-0.1, -0.05) is 57.2 Å². The molecule has 1 N–H and O–H groups in total. The fourth-order valence-electron chi connectivity index (χ4n) is 6.33. The highest BCUT2D eigenvalue weighted by Crippen LogP contribution is 2.44. The summed E-state index contributed by atoms with van der Waals surface area (Å²) in [4.78, 5) is 20.5. The minimum Gasteiger partial charge on any atom is -0.506 e. The van der Waals surface area contributed by atoms with E-state index in [0.717, 1.165) is 41.1 Å². The molecule has 0 saturated carbocycles. The van der Waals surface area contributed by atoms with Crippen LogP contribution in [0.3, 0.4) is 0 Å². The van der Waals surface area contributed by atoms with Crippen LogP contribution < -0.4 is 9.64 Å². The van der Waals surface area contributed by atoms with Gasteiger partial charge in [-0.3, -0.25) is 4.99 Å². The van der Waals surface area contributed by atoms with Gasteiger partial charge >= 0.3 is 0 Å². The second kappa shape index (κ2) is 10.5. The van der Waals surface area contributed by atoms with Crippen LogP contribution in [0.15, 0.2) is 90.1 Å². The van der Waals surface area contributed by atoms with Gasteiger partial charge in [0, 0.05) is 11.3 Å². The topological polar surface area (TPSA) is 75.2 Å². The van der Waals surface area contributed by atoms with Gasteiger partial charge in [-0.15, -0.1) is 0 Å². The molecule has 0 saturated heterocycles. The van der Waals surface area contributed by atoms with Gasteiger partial charge in [0.25, 0.3) is 0 Å². The molecule has 4 aromatic carbocycles. The first-order valence-electron chi connectivity index (χ1n) is 14.9. The smallest absolute Gasteiger partial charge is 0.238 e. The third kappa shape index (κ3) is 4.92. The molecule has 1 aliphatic heterocycles. The Bertz CT molecular complexity index is 1990. The van der Waals surface area contributed by atoms with Crippen LogP contribution in [-0.4, -0.2) is 27.0 Å². The first-order valence-corrected chi connectivity index (χ1v) is 14.9. The zero-order valence-corrected chi connectivity index (χ0v) is 25.2. The van der Waals surface area contributed by atoms with E-state index >= 15 is 0 Å². The molecule has 2 atom stereocenters. The summed E-state index contributed by atoms with van der Waals surface area (Å²) in [5.74, 6) is 1.87. The van der Waals surface area contributed by atoms with Crippen molar-refractivity contribution in [2.75, 3.05) is 4.90 Å². The van der Waals surface area contributed by atoms with E-state index in [-0.39, 0.29) is 23.2 Å². The summed E-state index contributed by atoms with van der Waals surface area (Å²) in [6.07, 6.45) is 3.56. The molecule has 218 valence electrons. The number of amidine groups is 1. The Morgan fingerprint density at radius 1 is 1.00 bits per heavy atom. The summed E-state index contributed by atoms with van der Waals surface area (Å²) in [6, 6.07) is 26.3. The number of fused-ring (bicyclic) bond motifs is 4. The molecule has 0 spiro atoms. The van der Waals surface area contributed by atoms with Gasteiger partial charge in [-0.2, -0.15) is 0 Å². The van der Waals surface area contributed by atoms with E-state index < -0.39 is 0 Å². The van der Waals surface area contributed by atoms with Crippen molar-refractivity contribution in [3.05, 3.63) is 124 Å². The number of hydrogen-bond acceptors (Lipinski definition) is 6. The van der Waals surface area contributed by atoms with E-state index in [1.54, 1.807) is 12.3 Å². The van der Waals surface area contributed by atoms with E-state index in [9.17, 15) is 5.11 Å².